The molecule has 0 N–H and O–H groups in total. The molecule has 0 bridgehead atoms. The number of hydrogen-bond donors (Lipinski definition) is 0. The number of carbonyl (C=O) groups is 1. The molecule has 0 aliphatic heterocycles. The van der Waals surface area contributed by atoms with E-state index in [1.165, 1.54) is 12.8 Å². The maximum absolute atomic E-state index is 12.0. The van der Waals surface area contributed by atoms with Crippen LogP contribution >= 0.6 is 11.6 Å². The van der Waals surface area contributed by atoms with Crippen molar-refractivity contribution in [1.82, 2.24) is 4.90 Å². The number of rotatable bonds is 6. The molecule has 1 amide bonds. The highest BCUT2D eigenvalue weighted by atomic mass is 35.5. The third kappa shape index (κ3) is 3.16. The zero-order chi connectivity index (χ0) is 10.6. The lowest BCUT2D eigenvalue weighted by molar-refractivity contribution is -0.135. The zero-order valence-electron chi connectivity index (χ0n) is 9.13. The molecule has 1 aliphatic rings. The summed E-state index contributed by atoms with van der Waals surface area (Å²) in [7, 11) is 0. The maximum Gasteiger partial charge on any atom is 0.225 e. The number of alkyl halides is 1. The van der Waals surface area contributed by atoms with Crippen molar-refractivity contribution in [2.75, 3.05) is 12.4 Å². The molecular formula is C11H20ClNO. The largest absolute Gasteiger partial charge is 0.338 e. The molecular weight excluding hydrogens is 198 g/mol. The van der Waals surface area contributed by atoms with Gasteiger partial charge in [-0.15, -0.1) is 11.6 Å². The fraction of sp³-hybridized carbons (Fsp3) is 0.909. The van der Waals surface area contributed by atoms with Gasteiger partial charge in [0.1, 0.15) is 0 Å². The zero-order valence-corrected chi connectivity index (χ0v) is 9.89. The van der Waals surface area contributed by atoms with Crippen LogP contribution in [0.5, 0.6) is 0 Å². The molecule has 0 saturated heterocycles. The van der Waals surface area contributed by atoms with Gasteiger partial charge in [0, 0.05) is 24.4 Å². The Hall–Kier alpha value is -0.240. The molecule has 14 heavy (non-hydrogen) atoms. The second kappa shape index (κ2) is 5.59. The lowest BCUT2D eigenvalue weighted by atomic mass is 10.0. The molecule has 1 rings (SSSR count). The lowest BCUT2D eigenvalue weighted by Gasteiger charge is -2.24. The molecule has 3 heteroatoms. The van der Waals surface area contributed by atoms with E-state index in [-0.39, 0.29) is 5.92 Å². The summed E-state index contributed by atoms with van der Waals surface area (Å²) in [6.45, 7) is 4.86. The minimum Gasteiger partial charge on any atom is -0.338 e. The van der Waals surface area contributed by atoms with Gasteiger partial charge in [-0.2, -0.15) is 0 Å². The molecule has 0 radical (unpaired) electrons. The topological polar surface area (TPSA) is 20.3 Å². The van der Waals surface area contributed by atoms with Crippen LogP contribution in [-0.4, -0.2) is 29.3 Å². The van der Waals surface area contributed by atoms with E-state index in [1.54, 1.807) is 0 Å². The van der Waals surface area contributed by atoms with Gasteiger partial charge in [-0.05, 0) is 19.3 Å². The minimum atomic E-state index is 0.170. The van der Waals surface area contributed by atoms with E-state index < -0.39 is 0 Å². The van der Waals surface area contributed by atoms with Gasteiger partial charge in [-0.25, -0.2) is 0 Å². The molecule has 0 aromatic carbocycles. The van der Waals surface area contributed by atoms with Crippen LogP contribution < -0.4 is 0 Å². The van der Waals surface area contributed by atoms with E-state index in [2.05, 4.69) is 6.92 Å². The van der Waals surface area contributed by atoms with Gasteiger partial charge in [0.25, 0.3) is 0 Å². The van der Waals surface area contributed by atoms with Crippen LogP contribution in [0.3, 0.4) is 0 Å². The normalized spacial score (nSPS) is 17.9. The number of amides is 1. The minimum absolute atomic E-state index is 0.170. The Kier molecular flexibility index (Phi) is 4.73. The molecule has 1 unspecified atom stereocenters. The van der Waals surface area contributed by atoms with Crippen LogP contribution in [-0.2, 0) is 4.79 Å². The van der Waals surface area contributed by atoms with E-state index in [9.17, 15) is 4.79 Å². The molecule has 0 aromatic heterocycles. The van der Waals surface area contributed by atoms with Crippen LogP contribution in [0.2, 0.25) is 0 Å². The van der Waals surface area contributed by atoms with E-state index in [1.807, 2.05) is 11.8 Å². The summed E-state index contributed by atoms with van der Waals surface area (Å²) in [5.74, 6) is 1.03. The average Bonchev–Trinajstić information content (AvgIpc) is 2.97. The van der Waals surface area contributed by atoms with Gasteiger partial charge in [0.2, 0.25) is 5.91 Å². The van der Waals surface area contributed by atoms with Crippen molar-refractivity contribution in [3.05, 3.63) is 0 Å². The highest BCUT2D eigenvalue weighted by Gasteiger charge is 2.33. The molecule has 1 aliphatic carbocycles. The number of halogens is 1. The maximum atomic E-state index is 12.0. The summed E-state index contributed by atoms with van der Waals surface area (Å²) in [5.41, 5.74) is 0. The predicted molar refractivity (Wildman–Crippen MR) is 59.5 cm³/mol. The number of carbonyl (C=O) groups excluding carboxylic acids is 1. The van der Waals surface area contributed by atoms with Crippen molar-refractivity contribution in [2.45, 2.75) is 45.6 Å². The van der Waals surface area contributed by atoms with Gasteiger partial charge < -0.3 is 4.90 Å². The van der Waals surface area contributed by atoms with Crippen LogP contribution in [0.4, 0.5) is 0 Å². The van der Waals surface area contributed by atoms with Gasteiger partial charge in [-0.1, -0.05) is 20.3 Å². The molecule has 1 saturated carbocycles. The summed E-state index contributed by atoms with van der Waals surface area (Å²) in [6, 6.07) is 0.501. The average molecular weight is 218 g/mol. The third-order valence-corrected chi connectivity index (χ3v) is 2.91. The molecule has 0 aromatic rings. The van der Waals surface area contributed by atoms with Gasteiger partial charge in [0.15, 0.2) is 0 Å². The van der Waals surface area contributed by atoms with Crippen molar-refractivity contribution in [3.8, 4) is 0 Å². The van der Waals surface area contributed by atoms with Gasteiger partial charge in [0.05, 0.1) is 0 Å². The fourth-order valence-electron chi connectivity index (χ4n) is 1.79. The molecule has 0 spiro atoms. The fourth-order valence-corrected chi connectivity index (χ4v) is 1.97. The second-order valence-electron chi connectivity index (χ2n) is 4.14. The Morgan fingerprint density at radius 1 is 1.57 bits per heavy atom. The van der Waals surface area contributed by atoms with Crippen molar-refractivity contribution in [1.29, 1.82) is 0 Å². The second-order valence-corrected chi connectivity index (χ2v) is 4.52. The molecule has 82 valence electrons. The Bertz CT molecular complexity index is 192. The summed E-state index contributed by atoms with van der Waals surface area (Å²) < 4.78 is 0. The quantitative estimate of drug-likeness (QED) is 0.627. The van der Waals surface area contributed by atoms with Crippen LogP contribution in [0.1, 0.15) is 39.5 Å². The summed E-state index contributed by atoms with van der Waals surface area (Å²) in [6.07, 6.45) is 4.40. The molecule has 0 heterocycles. The predicted octanol–water partition coefficient (Wildman–Crippen LogP) is 2.65. The molecule has 2 nitrogen and oxygen atoms in total. The third-order valence-electron chi connectivity index (χ3n) is 2.74. The first-order valence-corrected chi connectivity index (χ1v) is 6.10. The molecule has 1 fully saturated rings. The van der Waals surface area contributed by atoms with E-state index in [0.29, 0.717) is 17.8 Å². The summed E-state index contributed by atoms with van der Waals surface area (Å²) >= 11 is 5.70. The first-order chi connectivity index (χ1) is 6.70. The standard InChI is InChI=1S/C11H20ClNO/c1-3-4-9(2)11(14)13(8-7-12)10-5-6-10/h9-10H,3-8H2,1-2H3. The van der Waals surface area contributed by atoms with Gasteiger partial charge in [-0.3, -0.25) is 4.79 Å². The van der Waals surface area contributed by atoms with Crippen LogP contribution in [0.25, 0.3) is 0 Å². The Labute approximate surface area is 91.6 Å². The smallest absolute Gasteiger partial charge is 0.225 e. The van der Waals surface area contributed by atoms with E-state index in [0.717, 1.165) is 19.4 Å². The Balaban J connectivity index is 2.44. The molecule has 1 atom stereocenters. The van der Waals surface area contributed by atoms with Crippen molar-refractivity contribution in [3.63, 3.8) is 0 Å². The summed E-state index contributed by atoms with van der Waals surface area (Å²) in [4.78, 5) is 14.0. The van der Waals surface area contributed by atoms with Crippen LogP contribution in [0.15, 0.2) is 0 Å². The number of nitrogens with zero attached hydrogens (tertiary/aromatic N) is 1. The van der Waals surface area contributed by atoms with E-state index >= 15 is 0 Å². The highest BCUT2D eigenvalue weighted by molar-refractivity contribution is 6.18. The van der Waals surface area contributed by atoms with Gasteiger partial charge >= 0.3 is 0 Å². The van der Waals surface area contributed by atoms with Crippen molar-refractivity contribution in [2.24, 2.45) is 5.92 Å². The Morgan fingerprint density at radius 2 is 2.21 bits per heavy atom. The first kappa shape index (κ1) is 11.8. The first-order valence-electron chi connectivity index (χ1n) is 5.57. The van der Waals surface area contributed by atoms with Crippen LogP contribution in [0, 0.1) is 5.92 Å². The Morgan fingerprint density at radius 3 is 2.64 bits per heavy atom. The summed E-state index contributed by atoms with van der Waals surface area (Å²) in [5, 5.41) is 0. The number of hydrogen-bond acceptors (Lipinski definition) is 1. The highest BCUT2D eigenvalue weighted by Crippen LogP contribution is 2.28. The van der Waals surface area contributed by atoms with Crippen molar-refractivity contribution >= 4 is 17.5 Å². The monoisotopic (exact) mass is 217 g/mol. The lowest BCUT2D eigenvalue weighted by Crippen LogP contribution is -2.38. The van der Waals surface area contributed by atoms with Crippen molar-refractivity contribution < 1.29 is 4.79 Å². The van der Waals surface area contributed by atoms with E-state index in [4.69, 9.17) is 11.6 Å². The SMILES string of the molecule is CCCC(C)C(=O)N(CCCl)C1CC1.